The van der Waals surface area contributed by atoms with E-state index in [2.05, 4.69) is 58.8 Å². The van der Waals surface area contributed by atoms with Crippen molar-refractivity contribution in [3.05, 3.63) is 104 Å². The Bertz CT molecular complexity index is 1820. The molecule has 240 valence electrons. The summed E-state index contributed by atoms with van der Waals surface area (Å²) in [7, 11) is 0. The predicted octanol–water partition coefficient (Wildman–Crippen LogP) is 6.96. The Kier molecular flexibility index (Phi) is 13.1. The maximum Gasteiger partial charge on any atom is 0.142 e. The van der Waals surface area contributed by atoms with Crippen molar-refractivity contribution in [3.8, 4) is 29.3 Å². The van der Waals surface area contributed by atoms with E-state index in [1.54, 1.807) is 18.3 Å². The van der Waals surface area contributed by atoms with Gasteiger partial charge < -0.3 is 25.0 Å². The molecule has 0 amide bonds. The number of aromatic nitrogens is 1. The van der Waals surface area contributed by atoms with Crippen molar-refractivity contribution < 1.29 is 13.9 Å². The predicted molar refractivity (Wildman–Crippen MR) is 187 cm³/mol. The van der Waals surface area contributed by atoms with E-state index in [-0.39, 0.29) is 5.56 Å². The van der Waals surface area contributed by atoms with Crippen LogP contribution in [-0.4, -0.2) is 57.6 Å². The van der Waals surface area contributed by atoms with Gasteiger partial charge in [0.2, 0.25) is 0 Å². The lowest BCUT2D eigenvalue weighted by atomic mass is 10.0. The maximum atomic E-state index is 12.6. The number of nitrogens with two attached hydrogens (primary N) is 1. The zero-order valence-electron chi connectivity index (χ0n) is 25.7. The molecule has 2 aliphatic rings. The number of anilines is 3. The molecule has 0 atom stereocenters. The average Bonchev–Trinajstić information content (AvgIpc) is 3.10. The second-order valence-corrected chi connectivity index (χ2v) is 12.3. The summed E-state index contributed by atoms with van der Waals surface area (Å²) in [5.74, 6) is -0.489. The summed E-state index contributed by atoms with van der Waals surface area (Å²) in [4.78, 5) is 8.70. The molecule has 3 heterocycles. The molecule has 0 unspecified atom stereocenters. The Morgan fingerprint density at radius 3 is 1.74 bits per heavy atom. The molecule has 47 heavy (non-hydrogen) atoms. The van der Waals surface area contributed by atoms with Gasteiger partial charge in [-0.15, -0.1) is 0 Å². The van der Waals surface area contributed by atoms with Crippen LogP contribution in [0.5, 0.6) is 0 Å². The fourth-order valence-electron chi connectivity index (χ4n) is 4.95. The van der Waals surface area contributed by atoms with Gasteiger partial charge >= 0.3 is 0 Å². The Hall–Kier alpha value is -4.51. The van der Waals surface area contributed by atoms with Crippen LogP contribution in [0.15, 0.2) is 75.8 Å². The van der Waals surface area contributed by atoms with Gasteiger partial charge in [-0.2, -0.15) is 15.8 Å². The average molecular weight is 761 g/mol. The van der Waals surface area contributed by atoms with E-state index in [4.69, 9.17) is 25.7 Å². The van der Waals surface area contributed by atoms with E-state index >= 15 is 0 Å². The number of hydrogen-bond donors (Lipinski definition) is 1. The van der Waals surface area contributed by atoms with Gasteiger partial charge in [-0.25, -0.2) is 4.39 Å². The Morgan fingerprint density at radius 1 is 0.723 bits per heavy atom. The summed E-state index contributed by atoms with van der Waals surface area (Å²) < 4.78 is 24.9. The van der Waals surface area contributed by atoms with Gasteiger partial charge in [-0.3, -0.25) is 4.98 Å². The summed E-state index contributed by atoms with van der Waals surface area (Å²) >= 11 is 6.50. The van der Waals surface area contributed by atoms with Gasteiger partial charge in [0.1, 0.15) is 24.0 Å². The molecular weight excluding hydrogens is 729 g/mol. The van der Waals surface area contributed by atoms with Crippen molar-refractivity contribution in [2.75, 3.05) is 68.1 Å². The highest BCUT2D eigenvalue weighted by Crippen LogP contribution is 2.31. The minimum absolute atomic E-state index is 0.0724. The standard InChI is InChI=1S/C17H18N4O.C11H11BrN2O.C7H3BrFN/c1-12-16(9-15(19)11-20-12)13-2-3-14(10-18)17(8-13)21-4-6-22-7-5-21;12-10-2-1-9(8-13)11(7-10)14-3-5-15-6-4-14;8-6-2-1-5(4-10)7(9)3-6/h2-3,8-9,11H,4-7,19H2,1H3;1-2,7H,3-6H2;1-3H. The summed E-state index contributed by atoms with van der Waals surface area (Å²) in [5.41, 5.74) is 12.9. The van der Waals surface area contributed by atoms with Crippen molar-refractivity contribution in [1.29, 1.82) is 15.8 Å². The van der Waals surface area contributed by atoms with Crippen LogP contribution >= 0.6 is 31.9 Å². The van der Waals surface area contributed by atoms with Crippen LogP contribution < -0.4 is 15.5 Å². The molecule has 0 aliphatic carbocycles. The number of morpholine rings is 2. The first-order valence-corrected chi connectivity index (χ1v) is 16.3. The highest BCUT2D eigenvalue weighted by Gasteiger charge is 2.17. The van der Waals surface area contributed by atoms with E-state index in [0.29, 0.717) is 28.9 Å². The zero-order chi connectivity index (χ0) is 33.8. The third-order valence-corrected chi connectivity index (χ3v) is 8.36. The quantitative estimate of drug-likeness (QED) is 0.235. The number of nitrogen functional groups attached to an aromatic ring is 1. The minimum atomic E-state index is -0.489. The molecule has 2 fully saturated rings. The maximum absolute atomic E-state index is 12.6. The summed E-state index contributed by atoms with van der Waals surface area (Å²) in [6.07, 6.45) is 1.66. The number of rotatable bonds is 3. The first-order chi connectivity index (χ1) is 22.7. The molecule has 2 aliphatic heterocycles. The fourth-order valence-corrected chi connectivity index (χ4v) is 5.63. The summed E-state index contributed by atoms with van der Waals surface area (Å²) in [6, 6.07) is 24.0. The number of aryl methyl sites for hydroxylation is 1. The Labute approximate surface area is 290 Å². The number of halogens is 3. The fraction of sp³-hybridized carbons (Fsp3) is 0.257. The second-order valence-electron chi connectivity index (χ2n) is 10.5. The number of ether oxygens (including phenoxy) is 2. The van der Waals surface area contributed by atoms with Gasteiger partial charge in [0.05, 0.1) is 66.4 Å². The smallest absolute Gasteiger partial charge is 0.142 e. The van der Waals surface area contributed by atoms with Crippen LogP contribution in [0.3, 0.4) is 0 Å². The molecule has 3 aromatic carbocycles. The van der Waals surface area contributed by atoms with E-state index < -0.39 is 5.82 Å². The molecule has 0 spiro atoms. The Balaban J connectivity index is 0.000000173. The number of nitrogens with zero attached hydrogens (tertiary/aromatic N) is 6. The van der Waals surface area contributed by atoms with E-state index in [1.165, 1.54) is 12.1 Å². The van der Waals surface area contributed by atoms with E-state index in [9.17, 15) is 9.65 Å². The number of hydrogen-bond acceptors (Lipinski definition) is 9. The van der Waals surface area contributed by atoms with Gasteiger partial charge in [-0.1, -0.05) is 37.9 Å². The van der Waals surface area contributed by atoms with Crippen molar-refractivity contribution in [2.24, 2.45) is 0 Å². The zero-order valence-corrected chi connectivity index (χ0v) is 28.9. The third-order valence-electron chi connectivity index (χ3n) is 7.37. The highest BCUT2D eigenvalue weighted by molar-refractivity contribution is 9.10. The van der Waals surface area contributed by atoms with Gasteiger partial charge in [0.25, 0.3) is 0 Å². The number of nitriles is 3. The molecule has 0 radical (unpaired) electrons. The molecule has 0 saturated carbocycles. The molecule has 9 nitrogen and oxygen atoms in total. The minimum Gasteiger partial charge on any atom is -0.397 e. The molecule has 4 aromatic rings. The molecule has 1 aromatic heterocycles. The monoisotopic (exact) mass is 759 g/mol. The van der Waals surface area contributed by atoms with Crippen molar-refractivity contribution in [1.82, 2.24) is 4.98 Å². The van der Waals surface area contributed by atoms with Crippen molar-refractivity contribution >= 4 is 48.9 Å². The van der Waals surface area contributed by atoms with Gasteiger partial charge in [0.15, 0.2) is 0 Å². The first kappa shape index (κ1) is 35.3. The normalized spacial score (nSPS) is 13.9. The third kappa shape index (κ3) is 9.74. The number of pyridine rings is 1. The first-order valence-electron chi connectivity index (χ1n) is 14.7. The second kappa shape index (κ2) is 17.4. The summed E-state index contributed by atoms with van der Waals surface area (Å²) in [5, 5.41) is 26.7. The van der Waals surface area contributed by atoms with Crippen LogP contribution in [0.4, 0.5) is 21.5 Å². The lowest BCUT2D eigenvalue weighted by molar-refractivity contribution is 0.122. The highest BCUT2D eigenvalue weighted by atomic mass is 79.9. The molecule has 2 N–H and O–H groups in total. The molecule has 12 heteroatoms. The Morgan fingerprint density at radius 2 is 1.21 bits per heavy atom. The van der Waals surface area contributed by atoms with Gasteiger partial charge in [0, 0.05) is 46.4 Å². The van der Waals surface area contributed by atoms with E-state index in [1.807, 2.05) is 49.4 Å². The van der Waals surface area contributed by atoms with Crippen molar-refractivity contribution in [3.63, 3.8) is 0 Å². The van der Waals surface area contributed by atoms with Crippen LogP contribution in [-0.2, 0) is 9.47 Å². The largest absolute Gasteiger partial charge is 0.397 e. The topological polar surface area (TPSA) is 135 Å². The molecule has 0 bridgehead atoms. The van der Waals surface area contributed by atoms with Crippen LogP contribution in [0.2, 0.25) is 0 Å². The lowest BCUT2D eigenvalue weighted by Crippen LogP contribution is -2.36. The lowest BCUT2D eigenvalue weighted by Gasteiger charge is -2.30. The molecular formula is C35H32Br2FN7O2. The molecule has 6 rings (SSSR count). The van der Waals surface area contributed by atoms with Crippen LogP contribution in [0.1, 0.15) is 22.4 Å². The number of benzene rings is 3. The van der Waals surface area contributed by atoms with Gasteiger partial charge in [-0.05, 0) is 67.1 Å². The summed E-state index contributed by atoms with van der Waals surface area (Å²) in [6.45, 7) is 8.10. The van der Waals surface area contributed by atoms with E-state index in [0.717, 1.165) is 77.6 Å². The SMILES string of the molecule is Cc1ncc(N)cc1-c1ccc(C#N)c(N2CCOCC2)c1.N#Cc1ccc(Br)cc1F.N#Cc1ccc(Br)cc1N1CCOCC1. The molecule has 2 saturated heterocycles. The van der Waals surface area contributed by atoms with Crippen LogP contribution in [0.25, 0.3) is 11.1 Å². The van der Waals surface area contributed by atoms with Crippen LogP contribution in [0, 0.1) is 46.7 Å². The van der Waals surface area contributed by atoms with Crippen molar-refractivity contribution in [2.45, 2.75) is 6.92 Å².